The molecular weight excluding hydrogens is 342 g/mol. The topological polar surface area (TPSA) is 83.9 Å². The SMILES string of the molecule is O=C(c1c[nH]c2ncccc12)N1CCCC1Cn1nc2c(cc1=O)CCC2. The molecule has 3 aromatic rings. The van der Waals surface area contributed by atoms with Crippen molar-refractivity contribution in [2.24, 2.45) is 0 Å². The number of likely N-dealkylation sites (tertiary alicyclic amines) is 1. The number of amides is 1. The first-order valence-corrected chi connectivity index (χ1v) is 9.54. The zero-order valence-corrected chi connectivity index (χ0v) is 15.0. The van der Waals surface area contributed by atoms with Crippen LogP contribution in [0, 0.1) is 0 Å². The summed E-state index contributed by atoms with van der Waals surface area (Å²) in [5.74, 6) is -0.00837. The number of hydrogen-bond acceptors (Lipinski definition) is 4. The van der Waals surface area contributed by atoms with E-state index in [9.17, 15) is 9.59 Å². The van der Waals surface area contributed by atoms with Crippen molar-refractivity contribution in [2.75, 3.05) is 6.54 Å². The number of H-pyrrole nitrogens is 1. The lowest BCUT2D eigenvalue weighted by atomic mass is 10.1. The van der Waals surface area contributed by atoms with Crippen LogP contribution in [0.1, 0.15) is 40.9 Å². The van der Waals surface area contributed by atoms with Crippen molar-refractivity contribution in [2.45, 2.75) is 44.7 Å². The van der Waals surface area contributed by atoms with Crippen LogP contribution in [0.3, 0.4) is 0 Å². The largest absolute Gasteiger partial charge is 0.345 e. The maximum atomic E-state index is 13.2. The molecule has 1 saturated heterocycles. The number of rotatable bonds is 3. The van der Waals surface area contributed by atoms with Crippen LogP contribution < -0.4 is 5.56 Å². The van der Waals surface area contributed by atoms with E-state index < -0.39 is 0 Å². The molecule has 138 valence electrons. The van der Waals surface area contributed by atoms with Crippen LogP contribution in [-0.2, 0) is 19.4 Å². The molecule has 0 radical (unpaired) electrons. The van der Waals surface area contributed by atoms with E-state index in [-0.39, 0.29) is 17.5 Å². The van der Waals surface area contributed by atoms with Gasteiger partial charge in [0.05, 0.1) is 23.8 Å². The van der Waals surface area contributed by atoms with E-state index >= 15 is 0 Å². The van der Waals surface area contributed by atoms with Gasteiger partial charge in [-0.1, -0.05) is 0 Å². The highest BCUT2D eigenvalue weighted by molar-refractivity contribution is 6.06. The lowest BCUT2D eigenvalue weighted by Gasteiger charge is -2.25. The Bertz CT molecular complexity index is 1080. The van der Waals surface area contributed by atoms with Gasteiger partial charge < -0.3 is 9.88 Å². The summed E-state index contributed by atoms with van der Waals surface area (Å²) >= 11 is 0. The van der Waals surface area contributed by atoms with Gasteiger partial charge in [-0.3, -0.25) is 9.59 Å². The van der Waals surface area contributed by atoms with E-state index in [1.165, 1.54) is 0 Å². The van der Waals surface area contributed by atoms with Crippen molar-refractivity contribution in [3.05, 3.63) is 57.8 Å². The summed E-state index contributed by atoms with van der Waals surface area (Å²) < 4.78 is 1.55. The number of aromatic nitrogens is 4. The third-order valence-electron chi connectivity index (χ3n) is 5.73. The molecule has 1 amide bonds. The molecule has 1 atom stereocenters. The molecule has 1 aliphatic carbocycles. The van der Waals surface area contributed by atoms with E-state index in [0.717, 1.165) is 48.7 Å². The van der Waals surface area contributed by atoms with Gasteiger partial charge in [0.1, 0.15) is 5.65 Å². The normalized spacial score (nSPS) is 19.0. The average Bonchev–Trinajstić information content (AvgIpc) is 3.40. The van der Waals surface area contributed by atoms with Crippen LogP contribution in [-0.4, -0.2) is 43.1 Å². The minimum atomic E-state index is -0.0637. The lowest BCUT2D eigenvalue weighted by Crippen LogP contribution is -2.40. The van der Waals surface area contributed by atoms with Crippen molar-refractivity contribution in [1.29, 1.82) is 0 Å². The number of aryl methyl sites for hydroxylation is 2. The van der Waals surface area contributed by atoms with Gasteiger partial charge in [0.25, 0.3) is 11.5 Å². The second-order valence-electron chi connectivity index (χ2n) is 7.39. The summed E-state index contributed by atoms with van der Waals surface area (Å²) in [5, 5.41) is 5.41. The molecule has 1 N–H and O–H groups in total. The molecule has 1 unspecified atom stereocenters. The second kappa shape index (κ2) is 6.33. The van der Waals surface area contributed by atoms with Crippen LogP contribution >= 0.6 is 0 Å². The average molecular weight is 363 g/mol. The number of pyridine rings is 1. The standard InChI is InChI=1S/C20H21N5O2/c26-18-10-13-4-1-7-17(13)23-25(18)12-14-5-3-9-24(14)20(27)16-11-22-19-15(16)6-2-8-21-19/h2,6,8,10-11,14H,1,3-5,7,9,12H2,(H,21,22). The maximum Gasteiger partial charge on any atom is 0.267 e. The Hall–Kier alpha value is -2.96. The summed E-state index contributed by atoms with van der Waals surface area (Å²) in [6.07, 6.45) is 8.21. The molecule has 2 aliphatic rings. The Morgan fingerprint density at radius 1 is 1.30 bits per heavy atom. The van der Waals surface area contributed by atoms with Crippen LogP contribution in [0.15, 0.2) is 35.4 Å². The molecular formula is C20H21N5O2. The molecule has 5 rings (SSSR count). The molecule has 7 heteroatoms. The third-order valence-corrected chi connectivity index (χ3v) is 5.73. The smallest absolute Gasteiger partial charge is 0.267 e. The highest BCUT2D eigenvalue weighted by Gasteiger charge is 2.31. The van der Waals surface area contributed by atoms with E-state index in [0.29, 0.717) is 24.3 Å². The van der Waals surface area contributed by atoms with Crippen LogP contribution in [0.5, 0.6) is 0 Å². The molecule has 27 heavy (non-hydrogen) atoms. The van der Waals surface area contributed by atoms with Gasteiger partial charge in [-0.05, 0) is 49.8 Å². The summed E-state index contributed by atoms with van der Waals surface area (Å²) in [7, 11) is 0. The van der Waals surface area contributed by atoms with Gasteiger partial charge in [-0.2, -0.15) is 5.10 Å². The lowest BCUT2D eigenvalue weighted by molar-refractivity contribution is 0.0722. The van der Waals surface area contributed by atoms with Gasteiger partial charge in [0.15, 0.2) is 0 Å². The van der Waals surface area contributed by atoms with Crippen molar-refractivity contribution >= 4 is 16.9 Å². The highest BCUT2D eigenvalue weighted by atomic mass is 16.2. The van der Waals surface area contributed by atoms with Gasteiger partial charge >= 0.3 is 0 Å². The molecule has 1 aliphatic heterocycles. The number of carbonyl (C=O) groups excluding carboxylic acids is 1. The maximum absolute atomic E-state index is 13.2. The monoisotopic (exact) mass is 363 g/mol. The molecule has 0 bridgehead atoms. The minimum Gasteiger partial charge on any atom is -0.345 e. The van der Waals surface area contributed by atoms with Gasteiger partial charge in [0, 0.05) is 30.4 Å². The molecule has 3 aromatic heterocycles. The molecule has 0 saturated carbocycles. The van der Waals surface area contributed by atoms with E-state index in [1.54, 1.807) is 23.1 Å². The first kappa shape index (κ1) is 16.2. The number of aromatic amines is 1. The van der Waals surface area contributed by atoms with Crippen LogP contribution in [0.25, 0.3) is 11.0 Å². The fraction of sp³-hybridized carbons (Fsp3) is 0.400. The van der Waals surface area contributed by atoms with Crippen LogP contribution in [0.2, 0.25) is 0 Å². The fourth-order valence-electron chi connectivity index (χ4n) is 4.35. The molecule has 7 nitrogen and oxygen atoms in total. The van der Waals surface area contributed by atoms with Crippen molar-refractivity contribution in [3.8, 4) is 0 Å². The van der Waals surface area contributed by atoms with Crippen molar-refractivity contribution in [1.82, 2.24) is 24.6 Å². The number of nitrogens with one attached hydrogen (secondary N) is 1. The van der Waals surface area contributed by atoms with Crippen molar-refractivity contribution in [3.63, 3.8) is 0 Å². The summed E-state index contributed by atoms with van der Waals surface area (Å²) in [6.45, 7) is 1.16. The summed E-state index contributed by atoms with van der Waals surface area (Å²) in [5.41, 5.74) is 3.41. The predicted octanol–water partition coefficient (Wildman–Crippen LogP) is 1.91. The highest BCUT2D eigenvalue weighted by Crippen LogP contribution is 2.25. The first-order chi connectivity index (χ1) is 13.2. The number of hydrogen-bond donors (Lipinski definition) is 1. The second-order valence-corrected chi connectivity index (χ2v) is 7.39. The Kier molecular flexibility index (Phi) is 3.81. The van der Waals surface area contributed by atoms with Gasteiger partial charge in [-0.15, -0.1) is 0 Å². The Balaban J connectivity index is 1.42. The van der Waals surface area contributed by atoms with Gasteiger partial charge in [0.2, 0.25) is 0 Å². The Labute approximate surface area is 156 Å². The Morgan fingerprint density at radius 3 is 3.15 bits per heavy atom. The van der Waals surface area contributed by atoms with E-state index in [2.05, 4.69) is 15.1 Å². The van der Waals surface area contributed by atoms with E-state index in [1.807, 2.05) is 17.0 Å². The van der Waals surface area contributed by atoms with Gasteiger partial charge in [-0.25, -0.2) is 9.67 Å². The summed E-state index contributed by atoms with van der Waals surface area (Å²) in [6, 6.07) is 5.46. The first-order valence-electron chi connectivity index (χ1n) is 9.54. The molecule has 0 aromatic carbocycles. The molecule has 0 spiro atoms. The predicted molar refractivity (Wildman–Crippen MR) is 101 cm³/mol. The Morgan fingerprint density at radius 2 is 2.22 bits per heavy atom. The number of carbonyl (C=O) groups is 1. The minimum absolute atomic E-state index is 0.00837. The zero-order valence-electron chi connectivity index (χ0n) is 15.0. The van der Waals surface area contributed by atoms with Crippen LogP contribution in [0.4, 0.5) is 0 Å². The quantitative estimate of drug-likeness (QED) is 0.770. The fourth-order valence-corrected chi connectivity index (χ4v) is 4.35. The molecule has 1 fully saturated rings. The zero-order chi connectivity index (χ0) is 18.4. The summed E-state index contributed by atoms with van der Waals surface area (Å²) in [4.78, 5) is 34.8. The third kappa shape index (κ3) is 2.74. The van der Waals surface area contributed by atoms with Crippen molar-refractivity contribution < 1.29 is 4.79 Å². The van der Waals surface area contributed by atoms with E-state index in [4.69, 9.17) is 0 Å². The number of fused-ring (bicyclic) bond motifs is 2. The molecule has 4 heterocycles. The number of nitrogens with zero attached hydrogens (tertiary/aromatic N) is 4.